The monoisotopic (exact) mass is 415 g/mol. The van der Waals surface area contributed by atoms with Gasteiger partial charge in [0.1, 0.15) is 0 Å². The first-order valence-electron chi connectivity index (χ1n) is 11.0. The predicted molar refractivity (Wildman–Crippen MR) is 125 cm³/mol. The van der Waals surface area contributed by atoms with Gasteiger partial charge in [-0.05, 0) is 80.7 Å². The fourth-order valence-corrected chi connectivity index (χ4v) is 4.32. The summed E-state index contributed by atoms with van der Waals surface area (Å²) in [6.45, 7) is 6.72. The van der Waals surface area contributed by atoms with Crippen LogP contribution in [0.4, 0.5) is 10.5 Å². The van der Waals surface area contributed by atoms with E-state index in [0.29, 0.717) is 23.9 Å². The zero-order valence-electron chi connectivity index (χ0n) is 18.4. The summed E-state index contributed by atoms with van der Waals surface area (Å²) in [5, 5.41) is 2.30. The highest BCUT2D eigenvalue weighted by Gasteiger charge is 2.31. The van der Waals surface area contributed by atoms with Gasteiger partial charge in [0.15, 0.2) is 5.84 Å². The molecule has 1 fully saturated rings. The SMILES string of the molecule is CC=C1C(=O)NC(=O)N=C1N(CCCc1ccccc1)c1cc(C2CC2)c(C)cc1C. The van der Waals surface area contributed by atoms with Crippen molar-refractivity contribution in [3.63, 3.8) is 0 Å². The highest BCUT2D eigenvalue weighted by atomic mass is 16.2. The van der Waals surface area contributed by atoms with Crippen LogP contribution in [-0.2, 0) is 11.2 Å². The van der Waals surface area contributed by atoms with E-state index in [0.717, 1.165) is 24.1 Å². The number of carbonyl (C=O) groups excluding carboxylic acids is 2. The Morgan fingerprint density at radius 3 is 2.52 bits per heavy atom. The smallest absolute Gasteiger partial charge is 0.325 e. The molecule has 0 saturated heterocycles. The normalized spacial score (nSPS) is 17.5. The second-order valence-electron chi connectivity index (χ2n) is 8.41. The lowest BCUT2D eigenvalue weighted by molar-refractivity contribution is -0.116. The number of hydrogen-bond acceptors (Lipinski definition) is 3. The number of rotatable bonds is 6. The van der Waals surface area contributed by atoms with Crippen LogP contribution in [-0.4, -0.2) is 24.3 Å². The third-order valence-corrected chi connectivity index (χ3v) is 6.04. The Labute approximate surface area is 183 Å². The first-order valence-corrected chi connectivity index (χ1v) is 11.0. The summed E-state index contributed by atoms with van der Waals surface area (Å²) in [5.41, 5.74) is 6.53. The molecule has 1 N–H and O–H groups in total. The second-order valence-corrected chi connectivity index (χ2v) is 8.41. The van der Waals surface area contributed by atoms with Crippen LogP contribution in [0.25, 0.3) is 0 Å². The van der Waals surface area contributed by atoms with E-state index in [-0.39, 0.29) is 0 Å². The lowest BCUT2D eigenvalue weighted by atomic mass is 9.98. The Morgan fingerprint density at radius 1 is 1.10 bits per heavy atom. The number of carbonyl (C=O) groups is 2. The van der Waals surface area contributed by atoms with Crippen LogP contribution in [0.15, 0.2) is 59.1 Å². The van der Waals surface area contributed by atoms with Crippen LogP contribution < -0.4 is 10.2 Å². The van der Waals surface area contributed by atoms with Crippen LogP contribution in [0, 0.1) is 13.8 Å². The average molecular weight is 416 g/mol. The lowest BCUT2D eigenvalue weighted by Gasteiger charge is -2.31. The van der Waals surface area contributed by atoms with E-state index in [4.69, 9.17) is 0 Å². The van der Waals surface area contributed by atoms with Gasteiger partial charge in [0.25, 0.3) is 5.91 Å². The minimum absolute atomic E-state index is 0.391. The topological polar surface area (TPSA) is 61.8 Å². The van der Waals surface area contributed by atoms with Crippen LogP contribution >= 0.6 is 0 Å². The van der Waals surface area contributed by atoms with Crippen LogP contribution in [0.3, 0.4) is 0 Å². The molecule has 0 unspecified atom stereocenters. The number of benzene rings is 2. The van der Waals surface area contributed by atoms with Gasteiger partial charge >= 0.3 is 6.03 Å². The number of nitrogens with one attached hydrogen (secondary N) is 1. The maximum absolute atomic E-state index is 12.5. The molecule has 31 heavy (non-hydrogen) atoms. The van der Waals surface area contributed by atoms with Gasteiger partial charge in [-0.3, -0.25) is 10.1 Å². The minimum atomic E-state index is -0.606. The van der Waals surface area contributed by atoms with Crippen molar-refractivity contribution in [3.05, 3.63) is 76.4 Å². The molecule has 160 valence electrons. The van der Waals surface area contributed by atoms with E-state index < -0.39 is 11.9 Å². The molecule has 2 aromatic carbocycles. The van der Waals surface area contributed by atoms with Crippen molar-refractivity contribution in [3.8, 4) is 0 Å². The third kappa shape index (κ3) is 4.61. The van der Waals surface area contributed by atoms with Gasteiger partial charge < -0.3 is 4.90 Å². The lowest BCUT2D eigenvalue weighted by Crippen LogP contribution is -2.45. The fraction of sp³-hybridized carbons (Fsp3) is 0.346. The molecule has 0 atom stereocenters. The van der Waals surface area contributed by atoms with Crippen molar-refractivity contribution in [1.82, 2.24) is 5.32 Å². The Morgan fingerprint density at radius 2 is 1.84 bits per heavy atom. The highest BCUT2D eigenvalue weighted by molar-refractivity contribution is 6.33. The van der Waals surface area contributed by atoms with E-state index in [1.807, 2.05) is 18.2 Å². The minimum Gasteiger partial charge on any atom is -0.325 e. The van der Waals surface area contributed by atoms with Crippen molar-refractivity contribution in [2.45, 2.75) is 52.4 Å². The zero-order valence-corrected chi connectivity index (χ0v) is 18.4. The molecule has 0 bridgehead atoms. The van der Waals surface area contributed by atoms with Gasteiger partial charge in [-0.25, -0.2) is 4.79 Å². The third-order valence-electron chi connectivity index (χ3n) is 6.04. The van der Waals surface area contributed by atoms with Gasteiger partial charge in [0.2, 0.25) is 0 Å². The number of hydrogen-bond donors (Lipinski definition) is 1. The summed E-state index contributed by atoms with van der Waals surface area (Å²) in [7, 11) is 0. The summed E-state index contributed by atoms with van der Waals surface area (Å²) < 4.78 is 0. The van der Waals surface area contributed by atoms with Crippen molar-refractivity contribution in [2.24, 2.45) is 4.99 Å². The molecule has 5 heteroatoms. The maximum atomic E-state index is 12.5. The molecule has 2 aromatic rings. The quantitative estimate of drug-likeness (QED) is 0.659. The molecule has 3 amide bonds. The average Bonchev–Trinajstić information content (AvgIpc) is 3.57. The first-order chi connectivity index (χ1) is 15.0. The van der Waals surface area contributed by atoms with Gasteiger partial charge in [-0.2, -0.15) is 4.99 Å². The molecule has 1 aliphatic heterocycles. The number of amidine groups is 1. The molecule has 0 aromatic heterocycles. The Hall–Kier alpha value is -3.21. The van der Waals surface area contributed by atoms with E-state index >= 15 is 0 Å². The molecule has 0 radical (unpaired) electrons. The first kappa shape index (κ1) is 21.0. The molecular formula is C26H29N3O2. The van der Waals surface area contributed by atoms with Crippen molar-refractivity contribution in [2.75, 3.05) is 11.4 Å². The molecule has 2 aliphatic rings. The maximum Gasteiger partial charge on any atom is 0.349 e. The number of amides is 3. The highest BCUT2D eigenvalue weighted by Crippen LogP contribution is 2.43. The fourth-order valence-electron chi connectivity index (χ4n) is 4.32. The van der Waals surface area contributed by atoms with E-state index in [9.17, 15) is 9.59 Å². The molecule has 4 rings (SSSR count). The summed E-state index contributed by atoms with van der Waals surface area (Å²) in [4.78, 5) is 30.9. The number of aryl methyl sites for hydroxylation is 3. The number of imide groups is 1. The Kier molecular flexibility index (Phi) is 6.03. The number of anilines is 1. The van der Waals surface area contributed by atoms with E-state index in [1.54, 1.807) is 13.0 Å². The van der Waals surface area contributed by atoms with Crippen molar-refractivity contribution < 1.29 is 9.59 Å². The summed E-state index contributed by atoms with van der Waals surface area (Å²) in [5.74, 6) is 0.667. The molecule has 1 aliphatic carbocycles. The molecule has 5 nitrogen and oxygen atoms in total. The predicted octanol–water partition coefficient (Wildman–Crippen LogP) is 5.21. The molecule has 1 heterocycles. The van der Waals surface area contributed by atoms with Crippen molar-refractivity contribution >= 4 is 23.5 Å². The number of urea groups is 1. The van der Waals surface area contributed by atoms with Crippen molar-refractivity contribution in [1.29, 1.82) is 0 Å². The zero-order chi connectivity index (χ0) is 22.0. The van der Waals surface area contributed by atoms with Crippen LogP contribution in [0.5, 0.6) is 0 Å². The molecular weight excluding hydrogens is 386 g/mol. The van der Waals surface area contributed by atoms with Gasteiger partial charge in [0.05, 0.1) is 5.57 Å². The molecule has 0 spiro atoms. The Bertz CT molecular complexity index is 1070. The summed E-state index contributed by atoms with van der Waals surface area (Å²) >= 11 is 0. The summed E-state index contributed by atoms with van der Waals surface area (Å²) in [6.07, 6.45) is 5.97. The van der Waals surface area contributed by atoms with E-state index in [2.05, 4.69) is 53.3 Å². The molecule has 1 saturated carbocycles. The van der Waals surface area contributed by atoms with Crippen LogP contribution in [0.1, 0.15) is 54.4 Å². The summed E-state index contributed by atoms with van der Waals surface area (Å²) in [6, 6.07) is 14.2. The standard InChI is InChI=1S/C26H29N3O2/c1-4-21-24(27-26(31)28-25(21)30)29(14-8-11-19-9-6-5-7-10-19)23-16-22(20-12-13-20)17(2)15-18(23)3/h4-7,9-10,15-16,20H,8,11-14H2,1-3H3,(H,28,30,31). The second kappa shape index (κ2) is 8.88. The number of allylic oxidation sites excluding steroid dienone is 1. The largest absolute Gasteiger partial charge is 0.349 e. The number of nitrogens with zero attached hydrogens (tertiary/aromatic N) is 2. The van der Waals surface area contributed by atoms with Crippen LogP contribution in [0.2, 0.25) is 0 Å². The van der Waals surface area contributed by atoms with E-state index in [1.165, 1.54) is 29.5 Å². The van der Waals surface area contributed by atoms with Gasteiger partial charge in [0, 0.05) is 12.2 Å². The number of aliphatic imine (C=N–C) groups is 1. The Balaban J connectivity index is 1.71. The van der Waals surface area contributed by atoms with Gasteiger partial charge in [-0.1, -0.05) is 42.5 Å². The van der Waals surface area contributed by atoms with Gasteiger partial charge in [-0.15, -0.1) is 0 Å².